The maximum absolute atomic E-state index is 13.8. The molecule has 0 saturated heterocycles. The van der Waals surface area contributed by atoms with Crippen LogP contribution in [0.2, 0.25) is 0 Å². The third-order valence-corrected chi connectivity index (χ3v) is 4.24. The van der Waals surface area contributed by atoms with Crippen molar-refractivity contribution < 1.29 is 4.39 Å². The standard InChI is InChI=1S/C16H20FNS/c1-2-3-12-4-6-13(7-5-12)14-8-9-16(18-11-19)15(17)10-14/h8-10,12-13H,2-7H2,1H3. The molecule has 1 fully saturated rings. The second kappa shape index (κ2) is 6.93. The van der Waals surface area contributed by atoms with Gasteiger partial charge >= 0.3 is 0 Å². The van der Waals surface area contributed by atoms with Crippen molar-refractivity contribution in [3.63, 3.8) is 0 Å². The van der Waals surface area contributed by atoms with Crippen molar-refractivity contribution in [2.45, 2.75) is 51.4 Å². The lowest BCUT2D eigenvalue weighted by molar-refractivity contribution is 0.308. The van der Waals surface area contributed by atoms with E-state index < -0.39 is 0 Å². The Morgan fingerprint density at radius 3 is 2.63 bits per heavy atom. The fourth-order valence-corrected chi connectivity index (χ4v) is 3.21. The molecule has 0 unspecified atom stereocenters. The van der Waals surface area contributed by atoms with Crippen molar-refractivity contribution in [2.24, 2.45) is 10.9 Å². The van der Waals surface area contributed by atoms with Crippen LogP contribution in [0, 0.1) is 11.7 Å². The number of isothiocyanates is 1. The zero-order chi connectivity index (χ0) is 13.7. The van der Waals surface area contributed by atoms with Gasteiger partial charge in [0.25, 0.3) is 0 Å². The van der Waals surface area contributed by atoms with Gasteiger partial charge in [0.1, 0.15) is 11.5 Å². The van der Waals surface area contributed by atoms with E-state index in [0.717, 1.165) is 11.5 Å². The fraction of sp³-hybridized carbons (Fsp3) is 0.562. The molecule has 0 amide bonds. The molecule has 1 aliphatic carbocycles. The van der Waals surface area contributed by atoms with Gasteiger partial charge in [0.2, 0.25) is 0 Å². The summed E-state index contributed by atoms with van der Waals surface area (Å²) >= 11 is 4.51. The van der Waals surface area contributed by atoms with Crippen LogP contribution in [0.1, 0.15) is 56.9 Å². The Bertz CT molecular complexity index is 472. The number of hydrogen-bond donors (Lipinski definition) is 0. The Morgan fingerprint density at radius 2 is 2.05 bits per heavy atom. The van der Waals surface area contributed by atoms with Crippen LogP contribution in [0.15, 0.2) is 23.2 Å². The van der Waals surface area contributed by atoms with Gasteiger partial charge in [0.05, 0.1) is 5.16 Å². The average molecular weight is 277 g/mol. The minimum Gasteiger partial charge on any atom is -0.205 e. The summed E-state index contributed by atoms with van der Waals surface area (Å²) in [7, 11) is 0. The van der Waals surface area contributed by atoms with Crippen LogP contribution < -0.4 is 0 Å². The van der Waals surface area contributed by atoms with Crippen LogP contribution in [0.4, 0.5) is 10.1 Å². The molecule has 0 spiro atoms. The SMILES string of the molecule is CCCC1CCC(c2ccc(N=C=S)c(F)c2)CC1. The van der Waals surface area contributed by atoms with Crippen molar-refractivity contribution in [1.29, 1.82) is 0 Å². The molecule has 0 N–H and O–H groups in total. The summed E-state index contributed by atoms with van der Waals surface area (Å²) < 4.78 is 13.8. The summed E-state index contributed by atoms with van der Waals surface area (Å²) in [6, 6.07) is 5.32. The Kier molecular flexibility index (Phi) is 5.24. The van der Waals surface area contributed by atoms with E-state index in [1.807, 2.05) is 6.07 Å². The lowest BCUT2D eigenvalue weighted by Gasteiger charge is -2.28. The van der Waals surface area contributed by atoms with Crippen LogP contribution >= 0.6 is 12.2 Å². The maximum Gasteiger partial charge on any atom is 0.149 e. The van der Waals surface area contributed by atoms with Gasteiger partial charge in [0.15, 0.2) is 0 Å². The Morgan fingerprint density at radius 1 is 1.32 bits per heavy atom. The van der Waals surface area contributed by atoms with Crippen molar-refractivity contribution in [3.8, 4) is 0 Å². The first kappa shape index (κ1) is 14.4. The summed E-state index contributed by atoms with van der Waals surface area (Å²) in [6.45, 7) is 2.25. The van der Waals surface area contributed by atoms with Gasteiger partial charge in [-0.25, -0.2) is 4.39 Å². The summed E-state index contributed by atoms with van der Waals surface area (Å²) in [6.07, 6.45) is 7.53. The van der Waals surface area contributed by atoms with Gasteiger partial charge in [-0.3, -0.25) is 0 Å². The summed E-state index contributed by atoms with van der Waals surface area (Å²) in [5.74, 6) is 1.10. The third kappa shape index (κ3) is 3.71. The lowest BCUT2D eigenvalue weighted by atomic mass is 9.77. The number of rotatable bonds is 4. The molecule has 0 bridgehead atoms. The fourth-order valence-electron chi connectivity index (χ4n) is 3.11. The summed E-state index contributed by atoms with van der Waals surface area (Å²) in [4.78, 5) is 3.72. The highest BCUT2D eigenvalue weighted by molar-refractivity contribution is 7.78. The number of hydrogen-bond acceptors (Lipinski definition) is 2. The number of aliphatic imine (C=N–C) groups is 1. The van der Waals surface area contributed by atoms with Crippen LogP contribution in [0.25, 0.3) is 0 Å². The van der Waals surface area contributed by atoms with Crippen molar-refractivity contribution in [1.82, 2.24) is 0 Å². The molecule has 0 atom stereocenters. The Hall–Kier alpha value is -1.05. The summed E-state index contributed by atoms with van der Waals surface area (Å²) in [5, 5.41) is 2.21. The molecule has 1 saturated carbocycles. The van der Waals surface area contributed by atoms with E-state index in [2.05, 4.69) is 29.3 Å². The smallest absolute Gasteiger partial charge is 0.149 e. The molecular weight excluding hydrogens is 257 g/mol. The zero-order valence-electron chi connectivity index (χ0n) is 11.4. The average Bonchev–Trinajstić information content (AvgIpc) is 2.43. The molecule has 0 aliphatic heterocycles. The van der Waals surface area contributed by atoms with Gasteiger partial charge in [-0.1, -0.05) is 25.8 Å². The van der Waals surface area contributed by atoms with E-state index >= 15 is 0 Å². The molecule has 2 rings (SSSR count). The van der Waals surface area contributed by atoms with Crippen molar-refractivity contribution in [3.05, 3.63) is 29.6 Å². The molecule has 0 aromatic heterocycles. The third-order valence-electron chi connectivity index (χ3n) is 4.15. The highest BCUT2D eigenvalue weighted by atomic mass is 32.1. The first-order valence-corrected chi connectivity index (χ1v) is 7.52. The molecule has 1 aromatic carbocycles. The van der Waals surface area contributed by atoms with E-state index in [-0.39, 0.29) is 5.82 Å². The minimum atomic E-state index is -0.287. The molecule has 0 heterocycles. The van der Waals surface area contributed by atoms with Crippen molar-refractivity contribution in [2.75, 3.05) is 0 Å². The van der Waals surface area contributed by atoms with Crippen LogP contribution in [0.5, 0.6) is 0 Å². The molecule has 102 valence electrons. The van der Waals surface area contributed by atoms with E-state index in [4.69, 9.17) is 0 Å². The van der Waals surface area contributed by atoms with Gasteiger partial charge in [-0.15, -0.1) is 0 Å². The van der Waals surface area contributed by atoms with Crippen LogP contribution in [-0.2, 0) is 0 Å². The van der Waals surface area contributed by atoms with Crippen LogP contribution in [0.3, 0.4) is 0 Å². The minimum absolute atomic E-state index is 0.287. The topological polar surface area (TPSA) is 12.4 Å². The zero-order valence-corrected chi connectivity index (χ0v) is 12.2. The molecule has 1 aromatic rings. The molecule has 1 aliphatic rings. The van der Waals surface area contributed by atoms with E-state index in [9.17, 15) is 4.39 Å². The number of benzene rings is 1. The second-order valence-electron chi connectivity index (χ2n) is 5.42. The highest BCUT2D eigenvalue weighted by Gasteiger charge is 2.22. The Balaban J connectivity index is 2.03. The normalized spacial score (nSPS) is 22.8. The number of thiocarbonyl (C=S) groups is 1. The van der Waals surface area contributed by atoms with Gasteiger partial charge < -0.3 is 0 Å². The predicted molar refractivity (Wildman–Crippen MR) is 80.7 cm³/mol. The van der Waals surface area contributed by atoms with Gasteiger partial charge in [-0.2, -0.15) is 4.99 Å². The van der Waals surface area contributed by atoms with Gasteiger partial charge in [-0.05, 0) is 67.4 Å². The predicted octanol–water partition coefficient (Wildman–Crippen LogP) is 5.63. The quantitative estimate of drug-likeness (QED) is 0.513. The second-order valence-corrected chi connectivity index (χ2v) is 5.60. The maximum atomic E-state index is 13.8. The molecule has 1 nitrogen and oxygen atoms in total. The largest absolute Gasteiger partial charge is 0.205 e. The molecule has 19 heavy (non-hydrogen) atoms. The molecule has 0 radical (unpaired) electrons. The lowest BCUT2D eigenvalue weighted by Crippen LogP contribution is -2.13. The highest BCUT2D eigenvalue weighted by Crippen LogP contribution is 2.38. The number of halogens is 1. The van der Waals surface area contributed by atoms with E-state index in [0.29, 0.717) is 11.6 Å². The van der Waals surface area contributed by atoms with Crippen LogP contribution in [-0.4, -0.2) is 5.16 Å². The number of nitrogens with zero attached hydrogens (tertiary/aromatic N) is 1. The van der Waals surface area contributed by atoms with E-state index in [1.165, 1.54) is 38.5 Å². The van der Waals surface area contributed by atoms with Gasteiger partial charge in [0, 0.05) is 0 Å². The first-order chi connectivity index (χ1) is 9.24. The van der Waals surface area contributed by atoms with Crippen molar-refractivity contribution >= 4 is 23.1 Å². The first-order valence-electron chi connectivity index (χ1n) is 7.12. The molecule has 3 heteroatoms. The summed E-state index contributed by atoms with van der Waals surface area (Å²) in [5.41, 5.74) is 1.40. The van der Waals surface area contributed by atoms with E-state index in [1.54, 1.807) is 12.1 Å². The Labute approximate surface area is 119 Å². The monoisotopic (exact) mass is 277 g/mol. The molecular formula is C16H20FNS.